The van der Waals surface area contributed by atoms with Crippen LogP contribution in [0.15, 0.2) is 0 Å². The largest absolute Gasteiger partial charge is 0.402 e. The molecule has 0 aromatic rings. The van der Waals surface area contributed by atoms with Crippen LogP contribution in [0.4, 0.5) is 13.2 Å². The van der Waals surface area contributed by atoms with Crippen LogP contribution in [0.1, 0.15) is 12.8 Å². The highest BCUT2D eigenvalue weighted by atomic mass is 32.2. The Labute approximate surface area is 92.0 Å². The Balaban J connectivity index is 2.38. The summed E-state index contributed by atoms with van der Waals surface area (Å²) in [6, 6.07) is -0.299. The molecule has 1 heterocycles. The van der Waals surface area contributed by atoms with Gasteiger partial charge in [0.25, 0.3) is 10.2 Å². The van der Waals surface area contributed by atoms with Crippen LogP contribution in [0.5, 0.6) is 0 Å². The summed E-state index contributed by atoms with van der Waals surface area (Å²) in [6.07, 6.45) is -3.39. The predicted molar refractivity (Wildman–Crippen MR) is 52.0 cm³/mol. The Kier molecular flexibility index (Phi) is 4.53. The molecule has 0 spiro atoms. The lowest BCUT2D eigenvalue weighted by molar-refractivity contribution is -0.121. The third kappa shape index (κ3) is 5.64. The molecule has 0 bridgehead atoms. The van der Waals surface area contributed by atoms with E-state index in [9.17, 15) is 21.6 Å². The highest BCUT2D eigenvalue weighted by Gasteiger charge is 2.30. The number of alkyl halides is 3. The van der Waals surface area contributed by atoms with Gasteiger partial charge in [-0.15, -0.1) is 0 Å². The van der Waals surface area contributed by atoms with Gasteiger partial charge in [-0.25, -0.2) is 0 Å². The van der Waals surface area contributed by atoms with Crippen LogP contribution in [0.25, 0.3) is 0 Å². The number of hydrogen-bond acceptors (Lipinski definition) is 3. The Bertz CT molecular complexity index is 311. The van der Waals surface area contributed by atoms with E-state index in [1.807, 2.05) is 0 Å². The van der Waals surface area contributed by atoms with E-state index in [-0.39, 0.29) is 6.04 Å². The molecule has 0 aromatic carbocycles. The number of nitrogens with one attached hydrogen (secondary N) is 3. The van der Waals surface area contributed by atoms with Gasteiger partial charge in [0.2, 0.25) is 0 Å². The maximum Gasteiger partial charge on any atom is 0.402 e. The number of halogens is 3. The van der Waals surface area contributed by atoms with Gasteiger partial charge in [0.05, 0.1) is 0 Å². The van der Waals surface area contributed by atoms with Crippen LogP contribution in [-0.2, 0) is 10.2 Å². The maximum absolute atomic E-state index is 11.8. The molecule has 1 aliphatic rings. The molecular weight excluding hydrogens is 247 g/mol. The molecule has 96 valence electrons. The van der Waals surface area contributed by atoms with Gasteiger partial charge in [-0.3, -0.25) is 0 Å². The zero-order chi connectivity index (χ0) is 12.2. The predicted octanol–water partition coefficient (Wildman–Crippen LogP) is -0.275. The van der Waals surface area contributed by atoms with Crippen molar-refractivity contribution < 1.29 is 21.6 Å². The minimum Gasteiger partial charge on any atom is -0.317 e. The quantitative estimate of drug-likeness (QED) is 0.652. The van der Waals surface area contributed by atoms with Gasteiger partial charge in [-0.1, -0.05) is 0 Å². The summed E-state index contributed by atoms with van der Waals surface area (Å²) in [5, 5.41) is 3.02. The Morgan fingerprint density at radius 1 is 1.25 bits per heavy atom. The molecule has 0 aliphatic carbocycles. The summed E-state index contributed by atoms with van der Waals surface area (Å²) in [7, 11) is -4.06. The van der Waals surface area contributed by atoms with E-state index in [0.29, 0.717) is 25.9 Å². The molecule has 1 aliphatic heterocycles. The van der Waals surface area contributed by atoms with Crippen molar-refractivity contribution >= 4 is 10.2 Å². The SMILES string of the molecule is O=S(=O)(NCC(F)(F)F)NC1CCNCC1. The Hall–Kier alpha value is -0.380. The summed E-state index contributed by atoms with van der Waals surface area (Å²) in [4.78, 5) is 0. The first kappa shape index (κ1) is 13.7. The van der Waals surface area contributed by atoms with Gasteiger partial charge in [0.15, 0.2) is 0 Å². The van der Waals surface area contributed by atoms with Crippen LogP contribution in [-0.4, -0.2) is 40.3 Å². The fourth-order valence-corrected chi connectivity index (χ4v) is 2.49. The second-order valence-electron chi connectivity index (χ2n) is 3.58. The normalized spacial score (nSPS) is 19.9. The lowest BCUT2D eigenvalue weighted by atomic mass is 10.1. The van der Waals surface area contributed by atoms with Crippen molar-refractivity contribution in [2.45, 2.75) is 25.1 Å². The third-order valence-electron chi connectivity index (χ3n) is 2.12. The average Bonchev–Trinajstić information content (AvgIpc) is 2.15. The molecule has 1 rings (SSSR count). The van der Waals surface area contributed by atoms with Gasteiger partial charge in [0, 0.05) is 6.04 Å². The van der Waals surface area contributed by atoms with Crippen molar-refractivity contribution in [2.24, 2.45) is 0 Å². The maximum atomic E-state index is 11.8. The fraction of sp³-hybridized carbons (Fsp3) is 1.00. The van der Waals surface area contributed by atoms with E-state index < -0.39 is 22.9 Å². The summed E-state index contributed by atoms with van der Waals surface area (Å²) in [5.74, 6) is 0. The van der Waals surface area contributed by atoms with Crippen LogP contribution >= 0.6 is 0 Å². The molecule has 5 nitrogen and oxygen atoms in total. The summed E-state index contributed by atoms with van der Waals surface area (Å²) in [5.41, 5.74) is 0. The van der Waals surface area contributed by atoms with Crippen molar-refractivity contribution in [2.75, 3.05) is 19.6 Å². The van der Waals surface area contributed by atoms with Crippen molar-refractivity contribution in [3.63, 3.8) is 0 Å². The fourth-order valence-electron chi connectivity index (χ4n) is 1.38. The first-order chi connectivity index (χ1) is 7.29. The lowest BCUT2D eigenvalue weighted by Gasteiger charge is -2.23. The Morgan fingerprint density at radius 2 is 1.81 bits per heavy atom. The zero-order valence-corrected chi connectivity index (χ0v) is 9.29. The Morgan fingerprint density at radius 3 is 2.31 bits per heavy atom. The van der Waals surface area contributed by atoms with E-state index in [4.69, 9.17) is 0 Å². The van der Waals surface area contributed by atoms with Crippen molar-refractivity contribution in [1.29, 1.82) is 0 Å². The number of piperidine rings is 1. The van der Waals surface area contributed by atoms with E-state index in [0.717, 1.165) is 0 Å². The number of rotatable bonds is 4. The van der Waals surface area contributed by atoms with Gasteiger partial charge in [-0.2, -0.15) is 31.0 Å². The van der Waals surface area contributed by atoms with Crippen molar-refractivity contribution in [3.8, 4) is 0 Å². The summed E-state index contributed by atoms with van der Waals surface area (Å²) in [6.45, 7) is -0.230. The van der Waals surface area contributed by atoms with Gasteiger partial charge in [0.1, 0.15) is 6.54 Å². The molecule has 0 amide bonds. The molecule has 0 atom stereocenters. The van der Waals surface area contributed by atoms with E-state index in [1.165, 1.54) is 4.72 Å². The molecular formula is C7H14F3N3O2S. The third-order valence-corrected chi connectivity index (χ3v) is 3.29. The molecule has 0 aromatic heterocycles. The second kappa shape index (κ2) is 5.30. The van der Waals surface area contributed by atoms with E-state index in [2.05, 4.69) is 10.0 Å². The summed E-state index contributed by atoms with van der Waals surface area (Å²) >= 11 is 0. The zero-order valence-electron chi connectivity index (χ0n) is 8.47. The van der Waals surface area contributed by atoms with Gasteiger partial charge in [-0.05, 0) is 25.9 Å². The lowest BCUT2D eigenvalue weighted by Crippen LogP contribution is -2.48. The molecule has 0 unspecified atom stereocenters. The molecule has 3 N–H and O–H groups in total. The average molecular weight is 261 g/mol. The monoisotopic (exact) mass is 261 g/mol. The van der Waals surface area contributed by atoms with Crippen LogP contribution < -0.4 is 14.8 Å². The van der Waals surface area contributed by atoms with Crippen LogP contribution in [0, 0.1) is 0 Å². The van der Waals surface area contributed by atoms with E-state index in [1.54, 1.807) is 0 Å². The first-order valence-corrected chi connectivity index (χ1v) is 6.31. The van der Waals surface area contributed by atoms with Crippen LogP contribution in [0.3, 0.4) is 0 Å². The molecule has 1 saturated heterocycles. The highest BCUT2D eigenvalue weighted by molar-refractivity contribution is 7.87. The number of hydrogen-bond donors (Lipinski definition) is 3. The minimum atomic E-state index is -4.54. The van der Waals surface area contributed by atoms with E-state index >= 15 is 0 Å². The molecule has 0 radical (unpaired) electrons. The smallest absolute Gasteiger partial charge is 0.317 e. The molecule has 16 heavy (non-hydrogen) atoms. The molecule has 1 fully saturated rings. The highest BCUT2D eigenvalue weighted by Crippen LogP contribution is 2.12. The topological polar surface area (TPSA) is 70.2 Å². The van der Waals surface area contributed by atoms with Gasteiger partial charge < -0.3 is 5.32 Å². The van der Waals surface area contributed by atoms with Gasteiger partial charge >= 0.3 is 6.18 Å². The van der Waals surface area contributed by atoms with Crippen molar-refractivity contribution in [3.05, 3.63) is 0 Å². The van der Waals surface area contributed by atoms with Crippen LogP contribution in [0.2, 0.25) is 0 Å². The van der Waals surface area contributed by atoms with Crippen molar-refractivity contribution in [1.82, 2.24) is 14.8 Å². The minimum absolute atomic E-state index is 0.299. The standard InChI is InChI=1S/C7H14F3N3O2S/c8-7(9,10)5-12-16(14,15)13-6-1-3-11-4-2-6/h6,11-13H,1-5H2. The second-order valence-corrected chi connectivity index (χ2v) is 5.11. The summed E-state index contributed by atoms with van der Waals surface area (Å²) < 4.78 is 61.5. The first-order valence-electron chi connectivity index (χ1n) is 4.83. The molecule has 0 saturated carbocycles. The molecule has 9 heteroatoms.